The minimum Gasteiger partial charge on any atom is -0.369 e. The molecule has 0 aromatic heterocycles. The van der Waals surface area contributed by atoms with Crippen LogP contribution in [0.25, 0.3) is 0 Å². The first-order valence-corrected chi connectivity index (χ1v) is 7.63. The van der Waals surface area contributed by atoms with Crippen LogP contribution in [0, 0.1) is 5.92 Å². The molecule has 0 saturated carbocycles. The summed E-state index contributed by atoms with van der Waals surface area (Å²) in [6, 6.07) is 0.482. The van der Waals surface area contributed by atoms with Crippen LogP contribution in [0.2, 0.25) is 0 Å². The number of rotatable bonds is 6. The van der Waals surface area contributed by atoms with Gasteiger partial charge in [-0.1, -0.05) is 6.92 Å². The van der Waals surface area contributed by atoms with Gasteiger partial charge in [0, 0.05) is 32.2 Å². The summed E-state index contributed by atoms with van der Waals surface area (Å²) in [7, 11) is 0. The maximum atomic E-state index is 12.4. The molecule has 1 atom stereocenters. The lowest BCUT2D eigenvalue weighted by atomic mass is 9.97. The third-order valence-electron chi connectivity index (χ3n) is 4.30. The minimum absolute atomic E-state index is 0.135. The molecule has 0 aliphatic carbocycles. The molecular weight excluding hydrogens is 256 g/mol. The number of hydrogen-bond donors (Lipinski definition) is 2. The predicted molar refractivity (Wildman–Crippen MR) is 77.0 cm³/mol. The van der Waals surface area contributed by atoms with E-state index < -0.39 is 0 Å². The zero-order valence-electron chi connectivity index (χ0n) is 12.3. The van der Waals surface area contributed by atoms with Crippen molar-refractivity contribution in [1.82, 2.24) is 15.1 Å². The van der Waals surface area contributed by atoms with Crippen LogP contribution >= 0.6 is 0 Å². The van der Waals surface area contributed by atoms with Crippen molar-refractivity contribution in [2.45, 2.75) is 32.2 Å². The Kier molecular flexibility index (Phi) is 5.37. The maximum Gasteiger partial charge on any atom is 0.236 e. The first kappa shape index (κ1) is 15.3. The Morgan fingerprint density at radius 2 is 2.15 bits per heavy atom. The molecule has 2 saturated heterocycles. The molecule has 3 N–H and O–H groups in total. The normalized spacial score (nSPS) is 23.7. The summed E-state index contributed by atoms with van der Waals surface area (Å²) in [6.45, 7) is 6.74. The van der Waals surface area contributed by atoms with Gasteiger partial charge in [-0.3, -0.25) is 14.5 Å². The molecule has 114 valence electrons. The second kappa shape index (κ2) is 7.04. The molecule has 2 amide bonds. The zero-order chi connectivity index (χ0) is 14.5. The number of hydrogen-bond acceptors (Lipinski definition) is 4. The molecule has 2 aliphatic rings. The Balaban J connectivity index is 1.87. The van der Waals surface area contributed by atoms with Crippen molar-refractivity contribution >= 4 is 11.8 Å². The van der Waals surface area contributed by atoms with Gasteiger partial charge in [0.1, 0.15) is 0 Å². The standard InChI is InChI=1S/C14H26N4O2/c1-2-5-17(12-7-16-8-12)10-13(19)18-6-3-4-11(9-18)14(15)20/h11-12,16H,2-10H2,1H3,(H2,15,20). The van der Waals surface area contributed by atoms with Crippen LogP contribution < -0.4 is 11.1 Å². The number of nitrogens with one attached hydrogen (secondary N) is 1. The average Bonchev–Trinajstić information content (AvgIpc) is 2.37. The van der Waals surface area contributed by atoms with E-state index in [-0.39, 0.29) is 17.7 Å². The van der Waals surface area contributed by atoms with E-state index in [0.717, 1.165) is 45.4 Å². The van der Waals surface area contributed by atoms with Gasteiger partial charge in [0.15, 0.2) is 0 Å². The SMILES string of the molecule is CCCN(CC(=O)N1CCCC(C(N)=O)C1)C1CNC1. The highest BCUT2D eigenvalue weighted by Gasteiger charge is 2.30. The number of nitrogens with zero attached hydrogens (tertiary/aromatic N) is 2. The molecule has 6 heteroatoms. The molecule has 0 spiro atoms. The van der Waals surface area contributed by atoms with Gasteiger partial charge in [-0.15, -0.1) is 0 Å². The molecule has 0 aromatic rings. The highest BCUT2D eigenvalue weighted by molar-refractivity contribution is 5.81. The predicted octanol–water partition coefficient (Wildman–Crippen LogP) is -0.606. The van der Waals surface area contributed by atoms with Crippen LogP contribution in [-0.4, -0.2) is 66.9 Å². The summed E-state index contributed by atoms with van der Waals surface area (Å²) in [5, 5.41) is 3.25. The van der Waals surface area contributed by atoms with Crippen LogP contribution in [0.5, 0.6) is 0 Å². The Morgan fingerprint density at radius 1 is 1.40 bits per heavy atom. The zero-order valence-corrected chi connectivity index (χ0v) is 12.3. The number of amides is 2. The summed E-state index contributed by atoms with van der Waals surface area (Å²) in [4.78, 5) is 27.8. The molecule has 6 nitrogen and oxygen atoms in total. The van der Waals surface area contributed by atoms with Crippen LogP contribution in [0.15, 0.2) is 0 Å². The Labute approximate surface area is 120 Å². The first-order valence-electron chi connectivity index (χ1n) is 7.63. The van der Waals surface area contributed by atoms with E-state index in [2.05, 4.69) is 17.1 Å². The lowest BCUT2D eigenvalue weighted by molar-refractivity contribution is -0.136. The molecule has 2 fully saturated rings. The van der Waals surface area contributed by atoms with E-state index in [9.17, 15) is 9.59 Å². The summed E-state index contributed by atoms with van der Waals surface area (Å²) < 4.78 is 0. The molecule has 2 aliphatic heterocycles. The van der Waals surface area contributed by atoms with Gasteiger partial charge in [-0.05, 0) is 25.8 Å². The van der Waals surface area contributed by atoms with Crippen molar-refractivity contribution in [2.75, 3.05) is 39.3 Å². The van der Waals surface area contributed by atoms with Crippen LogP contribution in [0.1, 0.15) is 26.2 Å². The number of piperidine rings is 1. The fraction of sp³-hybridized carbons (Fsp3) is 0.857. The Hall–Kier alpha value is -1.14. The third-order valence-corrected chi connectivity index (χ3v) is 4.30. The van der Waals surface area contributed by atoms with Crippen molar-refractivity contribution < 1.29 is 9.59 Å². The lowest BCUT2D eigenvalue weighted by Crippen LogP contribution is -2.59. The second-order valence-electron chi connectivity index (χ2n) is 5.86. The van der Waals surface area contributed by atoms with E-state index in [1.807, 2.05) is 4.90 Å². The largest absolute Gasteiger partial charge is 0.369 e. The fourth-order valence-electron chi connectivity index (χ4n) is 2.92. The van der Waals surface area contributed by atoms with Crippen molar-refractivity contribution in [1.29, 1.82) is 0 Å². The molecule has 2 rings (SSSR count). The maximum absolute atomic E-state index is 12.4. The number of primary amides is 1. The number of carbonyl (C=O) groups excluding carboxylic acids is 2. The van der Waals surface area contributed by atoms with Gasteiger partial charge in [-0.2, -0.15) is 0 Å². The smallest absolute Gasteiger partial charge is 0.236 e. The van der Waals surface area contributed by atoms with Gasteiger partial charge in [0.05, 0.1) is 12.5 Å². The third kappa shape index (κ3) is 3.70. The Morgan fingerprint density at radius 3 is 2.70 bits per heavy atom. The molecule has 20 heavy (non-hydrogen) atoms. The quantitative estimate of drug-likeness (QED) is 0.681. The molecular formula is C14H26N4O2. The molecule has 0 bridgehead atoms. The second-order valence-corrected chi connectivity index (χ2v) is 5.86. The Bertz CT molecular complexity index is 357. The van der Waals surface area contributed by atoms with E-state index in [1.165, 1.54) is 0 Å². The van der Waals surface area contributed by atoms with Gasteiger partial charge >= 0.3 is 0 Å². The molecule has 1 unspecified atom stereocenters. The minimum atomic E-state index is -0.281. The summed E-state index contributed by atoms with van der Waals surface area (Å²) in [5.74, 6) is -0.315. The molecule has 2 heterocycles. The first-order chi connectivity index (χ1) is 9.61. The molecule has 0 radical (unpaired) electrons. The number of nitrogens with two attached hydrogens (primary N) is 1. The van der Waals surface area contributed by atoms with Crippen molar-refractivity contribution in [3.05, 3.63) is 0 Å². The number of likely N-dealkylation sites (tertiary alicyclic amines) is 1. The van der Waals surface area contributed by atoms with Crippen LogP contribution in [0.3, 0.4) is 0 Å². The number of carbonyl (C=O) groups is 2. The lowest BCUT2D eigenvalue weighted by Gasteiger charge is -2.39. The van der Waals surface area contributed by atoms with Gasteiger partial charge in [0.2, 0.25) is 11.8 Å². The van der Waals surface area contributed by atoms with E-state index in [1.54, 1.807) is 0 Å². The van der Waals surface area contributed by atoms with Crippen LogP contribution in [-0.2, 0) is 9.59 Å². The van der Waals surface area contributed by atoms with E-state index >= 15 is 0 Å². The van der Waals surface area contributed by atoms with Gasteiger partial charge in [0.25, 0.3) is 0 Å². The van der Waals surface area contributed by atoms with Crippen LogP contribution in [0.4, 0.5) is 0 Å². The van der Waals surface area contributed by atoms with Gasteiger partial charge in [-0.25, -0.2) is 0 Å². The summed E-state index contributed by atoms with van der Waals surface area (Å²) >= 11 is 0. The highest BCUT2D eigenvalue weighted by atomic mass is 16.2. The van der Waals surface area contributed by atoms with E-state index in [0.29, 0.717) is 19.1 Å². The fourth-order valence-corrected chi connectivity index (χ4v) is 2.92. The van der Waals surface area contributed by atoms with Crippen molar-refractivity contribution in [3.8, 4) is 0 Å². The topological polar surface area (TPSA) is 78.7 Å². The monoisotopic (exact) mass is 282 g/mol. The van der Waals surface area contributed by atoms with Crippen molar-refractivity contribution in [3.63, 3.8) is 0 Å². The summed E-state index contributed by atoms with van der Waals surface area (Å²) in [6.07, 6.45) is 2.73. The average molecular weight is 282 g/mol. The van der Waals surface area contributed by atoms with Crippen molar-refractivity contribution in [2.24, 2.45) is 11.7 Å². The van der Waals surface area contributed by atoms with Gasteiger partial charge < -0.3 is 16.0 Å². The van der Waals surface area contributed by atoms with E-state index in [4.69, 9.17) is 5.73 Å². The molecule has 0 aromatic carbocycles. The summed E-state index contributed by atoms with van der Waals surface area (Å²) in [5.41, 5.74) is 5.36. The highest BCUT2D eigenvalue weighted by Crippen LogP contribution is 2.17.